The maximum absolute atomic E-state index is 12.0. The Morgan fingerprint density at radius 3 is 2.78 bits per heavy atom. The molecule has 0 aromatic heterocycles. The molecular formula is C15H18ClNO. The Kier molecular flexibility index (Phi) is 3.29. The molecule has 3 heteroatoms. The number of rotatable bonds is 3. The SMILES string of the molecule is O=C(CC1CC2CCC1C2)Nc1ccccc1Cl. The van der Waals surface area contributed by atoms with Gasteiger partial charge < -0.3 is 5.32 Å². The number of amides is 1. The third-order valence-electron chi connectivity index (χ3n) is 4.48. The number of hydrogen-bond acceptors (Lipinski definition) is 1. The van der Waals surface area contributed by atoms with E-state index in [-0.39, 0.29) is 5.91 Å². The quantitative estimate of drug-likeness (QED) is 0.874. The molecule has 2 aliphatic carbocycles. The molecule has 0 aliphatic heterocycles. The molecular weight excluding hydrogens is 246 g/mol. The summed E-state index contributed by atoms with van der Waals surface area (Å²) in [4.78, 5) is 12.0. The Hall–Kier alpha value is -1.02. The Morgan fingerprint density at radius 2 is 2.11 bits per heavy atom. The summed E-state index contributed by atoms with van der Waals surface area (Å²) in [5, 5.41) is 3.54. The van der Waals surface area contributed by atoms with Gasteiger partial charge in [-0.05, 0) is 49.1 Å². The maximum atomic E-state index is 12.0. The number of fused-ring (bicyclic) bond motifs is 2. The predicted octanol–water partition coefficient (Wildman–Crippen LogP) is 4.10. The first-order chi connectivity index (χ1) is 8.72. The molecule has 2 bridgehead atoms. The van der Waals surface area contributed by atoms with Crippen molar-refractivity contribution in [1.82, 2.24) is 0 Å². The predicted molar refractivity (Wildman–Crippen MR) is 73.6 cm³/mol. The lowest BCUT2D eigenvalue weighted by Crippen LogP contribution is -2.20. The highest BCUT2D eigenvalue weighted by molar-refractivity contribution is 6.33. The normalized spacial score (nSPS) is 29.5. The summed E-state index contributed by atoms with van der Waals surface area (Å²) in [6.07, 6.45) is 5.97. The van der Waals surface area contributed by atoms with Crippen molar-refractivity contribution in [1.29, 1.82) is 0 Å². The van der Waals surface area contributed by atoms with Crippen molar-refractivity contribution in [3.05, 3.63) is 29.3 Å². The monoisotopic (exact) mass is 263 g/mol. The molecule has 96 valence electrons. The average Bonchev–Trinajstić information content (AvgIpc) is 2.94. The first-order valence-corrected chi connectivity index (χ1v) is 7.14. The van der Waals surface area contributed by atoms with E-state index in [1.165, 1.54) is 25.7 Å². The lowest BCUT2D eigenvalue weighted by molar-refractivity contribution is -0.117. The molecule has 1 N–H and O–H groups in total. The van der Waals surface area contributed by atoms with Gasteiger partial charge in [-0.15, -0.1) is 0 Å². The fourth-order valence-electron chi connectivity index (χ4n) is 3.63. The van der Waals surface area contributed by atoms with E-state index in [4.69, 9.17) is 11.6 Å². The number of hydrogen-bond donors (Lipinski definition) is 1. The van der Waals surface area contributed by atoms with Crippen molar-refractivity contribution < 1.29 is 4.79 Å². The van der Waals surface area contributed by atoms with E-state index >= 15 is 0 Å². The van der Waals surface area contributed by atoms with Crippen LogP contribution in [0.25, 0.3) is 0 Å². The van der Waals surface area contributed by atoms with Crippen molar-refractivity contribution in [2.24, 2.45) is 17.8 Å². The zero-order chi connectivity index (χ0) is 12.5. The number of carbonyl (C=O) groups is 1. The second kappa shape index (κ2) is 4.93. The van der Waals surface area contributed by atoms with E-state index < -0.39 is 0 Å². The van der Waals surface area contributed by atoms with Gasteiger partial charge in [0.05, 0.1) is 10.7 Å². The smallest absolute Gasteiger partial charge is 0.224 e. The van der Waals surface area contributed by atoms with Crippen LogP contribution in [0.15, 0.2) is 24.3 Å². The first-order valence-electron chi connectivity index (χ1n) is 6.77. The van der Waals surface area contributed by atoms with Crippen LogP contribution in [0.1, 0.15) is 32.1 Å². The summed E-state index contributed by atoms with van der Waals surface area (Å²) in [5.41, 5.74) is 0.729. The van der Waals surface area contributed by atoms with Crippen molar-refractivity contribution >= 4 is 23.2 Å². The minimum atomic E-state index is 0.112. The van der Waals surface area contributed by atoms with Gasteiger partial charge in [0.2, 0.25) is 5.91 Å². The Bertz CT molecular complexity index is 460. The largest absolute Gasteiger partial charge is 0.325 e. The fourth-order valence-corrected chi connectivity index (χ4v) is 3.81. The Balaban J connectivity index is 1.58. The van der Waals surface area contributed by atoms with Gasteiger partial charge in [0.25, 0.3) is 0 Å². The highest BCUT2D eigenvalue weighted by Crippen LogP contribution is 2.49. The van der Waals surface area contributed by atoms with E-state index in [2.05, 4.69) is 5.32 Å². The Morgan fingerprint density at radius 1 is 1.28 bits per heavy atom. The van der Waals surface area contributed by atoms with Crippen molar-refractivity contribution in [2.75, 3.05) is 5.32 Å². The first kappa shape index (κ1) is 12.0. The number of benzene rings is 1. The molecule has 2 saturated carbocycles. The number of anilines is 1. The van der Waals surface area contributed by atoms with Crippen molar-refractivity contribution in [2.45, 2.75) is 32.1 Å². The van der Waals surface area contributed by atoms with Gasteiger partial charge in [0, 0.05) is 6.42 Å². The van der Waals surface area contributed by atoms with E-state index in [0.717, 1.165) is 17.5 Å². The van der Waals surface area contributed by atoms with Crippen LogP contribution in [0.4, 0.5) is 5.69 Å². The Labute approximate surface area is 113 Å². The van der Waals surface area contributed by atoms with Gasteiger partial charge in [0.15, 0.2) is 0 Å². The van der Waals surface area contributed by atoms with Gasteiger partial charge in [-0.3, -0.25) is 4.79 Å². The molecule has 2 aliphatic rings. The number of carbonyl (C=O) groups excluding carboxylic acids is 1. The minimum absolute atomic E-state index is 0.112. The lowest BCUT2D eigenvalue weighted by Gasteiger charge is -2.21. The molecule has 1 amide bonds. The molecule has 2 nitrogen and oxygen atoms in total. The summed E-state index contributed by atoms with van der Waals surface area (Å²) in [5.74, 6) is 2.41. The van der Waals surface area contributed by atoms with Crippen LogP contribution in [-0.4, -0.2) is 5.91 Å². The molecule has 0 saturated heterocycles. The van der Waals surface area contributed by atoms with E-state index in [1.54, 1.807) is 6.07 Å². The molecule has 3 atom stereocenters. The van der Waals surface area contributed by atoms with Crippen LogP contribution >= 0.6 is 11.6 Å². The number of halogens is 1. The zero-order valence-electron chi connectivity index (χ0n) is 10.4. The molecule has 3 unspecified atom stereocenters. The summed E-state index contributed by atoms with van der Waals surface area (Å²) >= 11 is 6.03. The molecule has 0 spiro atoms. The van der Waals surface area contributed by atoms with E-state index in [0.29, 0.717) is 17.4 Å². The lowest BCUT2D eigenvalue weighted by atomic mass is 9.86. The van der Waals surface area contributed by atoms with Crippen LogP contribution in [-0.2, 0) is 4.79 Å². The zero-order valence-corrected chi connectivity index (χ0v) is 11.1. The van der Waals surface area contributed by atoms with Crippen LogP contribution in [0.5, 0.6) is 0 Å². The summed E-state index contributed by atoms with van der Waals surface area (Å²) in [6.45, 7) is 0. The van der Waals surface area contributed by atoms with Crippen LogP contribution in [0, 0.1) is 17.8 Å². The molecule has 18 heavy (non-hydrogen) atoms. The van der Waals surface area contributed by atoms with Gasteiger partial charge in [-0.1, -0.05) is 30.2 Å². The van der Waals surface area contributed by atoms with Gasteiger partial charge in [0.1, 0.15) is 0 Å². The van der Waals surface area contributed by atoms with Gasteiger partial charge in [-0.2, -0.15) is 0 Å². The fraction of sp³-hybridized carbons (Fsp3) is 0.533. The molecule has 2 fully saturated rings. The molecule has 3 rings (SSSR count). The summed E-state index contributed by atoms with van der Waals surface area (Å²) < 4.78 is 0. The standard InChI is InChI=1S/C15H18ClNO/c16-13-3-1-2-4-14(13)17-15(18)9-12-8-10-5-6-11(12)7-10/h1-4,10-12H,5-9H2,(H,17,18). The topological polar surface area (TPSA) is 29.1 Å². The van der Waals surface area contributed by atoms with Crippen LogP contribution in [0.2, 0.25) is 5.02 Å². The molecule has 1 aromatic rings. The maximum Gasteiger partial charge on any atom is 0.224 e. The molecule has 1 aromatic carbocycles. The van der Waals surface area contributed by atoms with Crippen molar-refractivity contribution in [3.8, 4) is 0 Å². The molecule has 0 radical (unpaired) electrons. The second-order valence-corrected chi connectivity index (χ2v) is 6.07. The van der Waals surface area contributed by atoms with Crippen molar-refractivity contribution in [3.63, 3.8) is 0 Å². The minimum Gasteiger partial charge on any atom is -0.325 e. The van der Waals surface area contributed by atoms with E-state index in [1.807, 2.05) is 18.2 Å². The highest BCUT2D eigenvalue weighted by Gasteiger charge is 2.40. The molecule has 0 heterocycles. The summed E-state index contributed by atoms with van der Waals surface area (Å²) in [6, 6.07) is 7.41. The number of nitrogens with one attached hydrogen (secondary N) is 1. The summed E-state index contributed by atoms with van der Waals surface area (Å²) in [7, 11) is 0. The van der Waals surface area contributed by atoms with Crippen LogP contribution < -0.4 is 5.32 Å². The third kappa shape index (κ3) is 2.39. The second-order valence-electron chi connectivity index (χ2n) is 5.67. The van der Waals surface area contributed by atoms with E-state index in [9.17, 15) is 4.79 Å². The number of para-hydroxylation sites is 1. The third-order valence-corrected chi connectivity index (χ3v) is 4.81. The van der Waals surface area contributed by atoms with Gasteiger partial charge >= 0.3 is 0 Å². The highest BCUT2D eigenvalue weighted by atomic mass is 35.5. The van der Waals surface area contributed by atoms with Gasteiger partial charge in [-0.25, -0.2) is 0 Å². The van der Waals surface area contributed by atoms with Crippen LogP contribution in [0.3, 0.4) is 0 Å². The average molecular weight is 264 g/mol.